The predicted molar refractivity (Wildman–Crippen MR) is 96.6 cm³/mol. The Morgan fingerprint density at radius 1 is 1.00 bits per heavy atom. The molecule has 2 rings (SSSR count). The number of amides is 1. The first-order valence-electron chi connectivity index (χ1n) is 8.27. The van der Waals surface area contributed by atoms with Gasteiger partial charge in [-0.05, 0) is 63.6 Å². The number of anilines is 1. The molecule has 138 valence electrons. The Morgan fingerprint density at radius 3 is 2.27 bits per heavy atom. The van der Waals surface area contributed by atoms with E-state index in [-0.39, 0.29) is 0 Å². The molecule has 1 N–H and O–H groups in total. The molecule has 2 atom stereocenters. The molecule has 1 amide bonds. The van der Waals surface area contributed by atoms with Gasteiger partial charge in [-0.3, -0.25) is 4.79 Å². The summed E-state index contributed by atoms with van der Waals surface area (Å²) in [4.78, 5) is 24.3. The van der Waals surface area contributed by atoms with E-state index in [1.165, 1.54) is 38.1 Å². The third-order valence-corrected chi connectivity index (χ3v) is 3.76. The van der Waals surface area contributed by atoms with Gasteiger partial charge >= 0.3 is 5.97 Å². The van der Waals surface area contributed by atoms with Crippen LogP contribution < -0.4 is 10.1 Å². The number of benzene rings is 2. The number of esters is 1. The Kier molecular flexibility index (Phi) is 6.33. The van der Waals surface area contributed by atoms with Crippen LogP contribution in [-0.2, 0) is 14.3 Å². The highest BCUT2D eigenvalue weighted by Gasteiger charge is 2.23. The summed E-state index contributed by atoms with van der Waals surface area (Å²) < 4.78 is 23.4. The summed E-state index contributed by atoms with van der Waals surface area (Å²) in [5.74, 6) is -1.18. The number of hydrogen-bond acceptors (Lipinski definition) is 4. The number of ether oxygens (including phenoxy) is 2. The van der Waals surface area contributed by atoms with Crippen molar-refractivity contribution in [2.45, 2.75) is 39.9 Å². The normalized spacial score (nSPS) is 12.8. The van der Waals surface area contributed by atoms with Crippen LogP contribution >= 0.6 is 0 Å². The summed E-state index contributed by atoms with van der Waals surface area (Å²) in [6, 6.07) is 10.9. The molecule has 0 aromatic heterocycles. The van der Waals surface area contributed by atoms with Gasteiger partial charge in [0.05, 0.1) is 0 Å². The van der Waals surface area contributed by atoms with E-state index in [1.807, 2.05) is 26.0 Å². The van der Waals surface area contributed by atoms with Crippen molar-refractivity contribution in [2.24, 2.45) is 0 Å². The quantitative estimate of drug-likeness (QED) is 0.797. The molecule has 0 aliphatic rings. The van der Waals surface area contributed by atoms with Gasteiger partial charge in [0.25, 0.3) is 5.91 Å². The van der Waals surface area contributed by atoms with Gasteiger partial charge in [-0.25, -0.2) is 9.18 Å². The molecule has 0 fully saturated rings. The second kappa shape index (κ2) is 8.47. The maximum Gasteiger partial charge on any atom is 0.347 e. The number of carbonyl (C=O) groups excluding carboxylic acids is 2. The Morgan fingerprint density at radius 2 is 1.65 bits per heavy atom. The van der Waals surface area contributed by atoms with E-state index < -0.39 is 29.9 Å². The zero-order valence-electron chi connectivity index (χ0n) is 15.2. The van der Waals surface area contributed by atoms with Gasteiger partial charge in [0.15, 0.2) is 12.2 Å². The number of hydrogen-bond donors (Lipinski definition) is 1. The van der Waals surface area contributed by atoms with Gasteiger partial charge in [0.1, 0.15) is 11.6 Å². The largest absolute Gasteiger partial charge is 0.479 e. The van der Waals surface area contributed by atoms with Crippen molar-refractivity contribution < 1.29 is 23.5 Å². The SMILES string of the molecule is Cc1ccc(NC(=O)[C@H](C)OC(=O)[C@@H](C)Oc2ccc(F)cc2)c(C)c1. The summed E-state index contributed by atoms with van der Waals surface area (Å²) in [5, 5.41) is 2.74. The monoisotopic (exact) mass is 359 g/mol. The van der Waals surface area contributed by atoms with Crippen LogP contribution in [0.15, 0.2) is 42.5 Å². The first kappa shape index (κ1) is 19.4. The maximum absolute atomic E-state index is 12.9. The van der Waals surface area contributed by atoms with Crippen LogP contribution in [0.2, 0.25) is 0 Å². The molecule has 0 saturated carbocycles. The summed E-state index contributed by atoms with van der Waals surface area (Å²) in [5.41, 5.74) is 2.68. The highest BCUT2D eigenvalue weighted by molar-refractivity contribution is 5.95. The fraction of sp³-hybridized carbons (Fsp3) is 0.300. The highest BCUT2D eigenvalue weighted by atomic mass is 19.1. The minimum atomic E-state index is -0.984. The van der Waals surface area contributed by atoms with Crippen molar-refractivity contribution in [3.63, 3.8) is 0 Å². The maximum atomic E-state index is 12.9. The molecule has 0 bridgehead atoms. The van der Waals surface area contributed by atoms with Gasteiger partial charge in [-0.2, -0.15) is 0 Å². The topological polar surface area (TPSA) is 64.6 Å². The van der Waals surface area contributed by atoms with E-state index >= 15 is 0 Å². The van der Waals surface area contributed by atoms with E-state index in [4.69, 9.17) is 9.47 Å². The summed E-state index contributed by atoms with van der Waals surface area (Å²) in [6.45, 7) is 6.84. The summed E-state index contributed by atoms with van der Waals surface area (Å²) in [6.07, 6.45) is -1.92. The molecule has 6 heteroatoms. The molecular formula is C20H22FNO4. The number of aryl methyl sites for hydroxylation is 2. The lowest BCUT2D eigenvalue weighted by Crippen LogP contribution is -2.35. The fourth-order valence-electron chi connectivity index (χ4n) is 2.28. The van der Waals surface area contributed by atoms with Crippen molar-refractivity contribution in [3.05, 3.63) is 59.4 Å². The van der Waals surface area contributed by atoms with E-state index in [1.54, 1.807) is 6.07 Å². The van der Waals surface area contributed by atoms with Crippen LogP contribution in [0.3, 0.4) is 0 Å². The van der Waals surface area contributed by atoms with Crippen LogP contribution in [0.5, 0.6) is 5.75 Å². The number of halogens is 1. The van der Waals surface area contributed by atoms with Crippen LogP contribution in [0.1, 0.15) is 25.0 Å². The molecule has 2 aromatic rings. The lowest BCUT2D eigenvalue weighted by atomic mass is 10.1. The van der Waals surface area contributed by atoms with Crippen LogP contribution in [0, 0.1) is 19.7 Å². The predicted octanol–water partition coefficient (Wildman–Crippen LogP) is 3.78. The van der Waals surface area contributed by atoms with Crippen molar-refractivity contribution in [1.29, 1.82) is 0 Å². The van der Waals surface area contributed by atoms with E-state index in [2.05, 4.69) is 5.32 Å². The van der Waals surface area contributed by atoms with E-state index in [0.29, 0.717) is 11.4 Å². The molecule has 0 unspecified atom stereocenters. The van der Waals surface area contributed by atoms with Crippen LogP contribution in [0.25, 0.3) is 0 Å². The summed E-state index contributed by atoms with van der Waals surface area (Å²) in [7, 11) is 0. The molecule has 2 aromatic carbocycles. The smallest absolute Gasteiger partial charge is 0.347 e. The Labute approximate surface area is 152 Å². The minimum Gasteiger partial charge on any atom is -0.479 e. The number of rotatable bonds is 6. The average molecular weight is 359 g/mol. The third-order valence-electron chi connectivity index (χ3n) is 3.76. The molecule has 0 radical (unpaired) electrons. The fourth-order valence-corrected chi connectivity index (χ4v) is 2.28. The third kappa shape index (κ3) is 5.31. The van der Waals surface area contributed by atoms with Crippen molar-refractivity contribution in [3.8, 4) is 5.75 Å². The van der Waals surface area contributed by atoms with Crippen molar-refractivity contribution >= 4 is 17.6 Å². The van der Waals surface area contributed by atoms with E-state index in [0.717, 1.165) is 11.1 Å². The molecular weight excluding hydrogens is 337 g/mol. The van der Waals surface area contributed by atoms with Gasteiger partial charge in [-0.1, -0.05) is 17.7 Å². The lowest BCUT2D eigenvalue weighted by Gasteiger charge is -2.18. The molecule has 0 heterocycles. The molecule has 0 saturated heterocycles. The number of carbonyl (C=O) groups is 2. The van der Waals surface area contributed by atoms with Crippen LogP contribution in [-0.4, -0.2) is 24.1 Å². The Bertz CT molecular complexity index is 789. The van der Waals surface area contributed by atoms with E-state index in [9.17, 15) is 14.0 Å². The Balaban J connectivity index is 1.90. The minimum absolute atomic E-state index is 0.336. The van der Waals surface area contributed by atoms with Crippen molar-refractivity contribution in [2.75, 3.05) is 5.32 Å². The van der Waals surface area contributed by atoms with Crippen LogP contribution in [0.4, 0.5) is 10.1 Å². The van der Waals surface area contributed by atoms with Gasteiger partial charge in [0, 0.05) is 5.69 Å². The molecule has 0 aliphatic heterocycles. The lowest BCUT2D eigenvalue weighted by molar-refractivity contribution is -0.159. The van der Waals surface area contributed by atoms with Gasteiger partial charge in [-0.15, -0.1) is 0 Å². The molecule has 0 spiro atoms. The first-order chi connectivity index (χ1) is 12.3. The Hall–Kier alpha value is -2.89. The van der Waals surface area contributed by atoms with Gasteiger partial charge in [0.2, 0.25) is 0 Å². The highest BCUT2D eigenvalue weighted by Crippen LogP contribution is 2.17. The number of nitrogens with one attached hydrogen (secondary N) is 1. The zero-order valence-corrected chi connectivity index (χ0v) is 15.2. The van der Waals surface area contributed by atoms with Gasteiger partial charge < -0.3 is 14.8 Å². The average Bonchev–Trinajstić information content (AvgIpc) is 2.59. The second-order valence-corrected chi connectivity index (χ2v) is 6.10. The molecule has 0 aliphatic carbocycles. The second-order valence-electron chi connectivity index (χ2n) is 6.10. The summed E-state index contributed by atoms with van der Waals surface area (Å²) >= 11 is 0. The molecule has 5 nitrogen and oxygen atoms in total. The zero-order chi connectivity index (χ0) is 19.3. The molecule has 26 heavy (non-hydrogen) atoms. The standard InChI is InChI=1S/C20H22FNO4/c1-12-5-10-18(13(2)11-12)22-19(23)14(3)26-20(24)15(4)25-17-8-6-16(21)7-9-17/h5-11,14-15H,1-4H3,(H,22,23)/t14-,15+/m0/s1. The first-order valence-corrected chi connectivity index (χ1v) is 8.27. The van der Waals surface area contributed by atoms with Crippen molar-refractivity contribution in [1.82, 2.24) is 0 Å².